The van der Waals surface area contributed by atoms with E-state index in [2.05, 4.69) is 27.1 Å². The van der Waals surface area contributed by atoms with Crippen molar-refractivity contribution in [3.63, 3.8) is 0 Å². The molecule has 0 unspecified atom stereocenters. The van der Waals surface area contributed by atoms with Gasteiger partial charge in [-0.25, -0.2) is 4.98 Å². The van der Waals surface area contributed by atoms with Crippen molar-refractivity contribution in [3.8, 4) is 5.88 Å². The minimum Gasteiger partial charge on any atom is -0.481 e. The molecule has 1 saturated carbocycles. The largest absolute Gasteiger partial charge is 0.481 e. The summed E-state index contributed by atoms with van der Waals surface area (Å²) in [7, 11) is 1.66. The highest BCUT2D eigenvalue weighted by atomic mass is 16.5. The summed E-state index contributed by atoms with van der Waals surface area (Å²) in [5, 5.41) is 4.61. The van der Waals surface area contributed by atoms with Crippen LogP contribution in [0.3, 0.4) is 0 Å². The molecule has 100 valence electrons. The summed E-state index contributed by atoms with van der Waals surface area (Å²) >= 11 is 0. The number of methoxy groups -OCH3 is 1. The lowest BCUT2D eigenvalue weighted by atomic mass is 9.58. The Hall–Kier alpha value is -1.55. The Balaban J connectivity index is 1.52. The standard InChI is InChI=1S/C15H19N3O/c1-19-14-4-12-2-3-18(13(12)7-17-14)8-11-5-15(6-11)9-16-10-15/h2-4,7,11,16H,5-6,8-10H2,1H3. The zero-order valence-electron chi connectivity index (χ0n) is 11.2. The van der Waals surface area contributed by atoms with Gasteiger partial charge >= 0.3 is 0 Å². The summed E-state index contributed by atoms with van der Waals surface area (Å²) in [6, 6.07) is 4.16. The maximum absolute atomic E-state index is 5.17. The van der Waals surface area contributed by atoms with Crippen LogP contribution < -0.4 is 10.1 Å². The van der Waals surface area contributed by atoms with Crippen LogP contribution in [0.5, 0.6) is 5.88 Å². The molecular weight excluding hydrogens is 238 g/mol. The van der Waals surface area contributed by atoms with E-state index in [4.69, 9.17) is 4.74 Å². The third-order valence-electron chi connectivity index (χ3n) is 4.74. The number of fused-ring (bicyclic) bond motifs is 1. The average Bonchev–Trinajstić information content (AvgIpc) is 2.73. The van der Waals surface area contributed by atoms with Gasteiger partial charge in [0.1, 0.15) is 0 Å². The van der Waals surface area contributed by atoms with E-state index in [1.54, 1.807) is 7.11 Å². The third kappa shape index (κ3) is 1.74. The van der Waals surface area contributed by atoms with Crippen molar-refractivity contribution < 1.29 is 4.74 Å². The van der Waals surface area contributed by atoms with Crippen LogP contribution in [0.4, 0.5) is 0 Å². The highest BCUT2D eigenvalue weighted by Gasteiger charge is 2.48. The van der Waals surface area contributed by atoms with Gasteiger partial charge in [-0.2, -0.15) is 0 Å². The van der Waals surface area contributed by atoms with Crippen LogP contribution in [-0.4, -0.2) is 29.8 Å². The summed E-state index contributed by atoms with van der Waals surface area (Å²) in [6.45, 7) is 3.59. The molecule has 4 rings (SSSR count). The fraction of sp³-hybridized carbons (Fsp3) is 0.533. The Morgan fingerprint density at radius 3 is 3.00 bits per heavy atom. The minimum absolute atomic E-state index is 0.662. The minimum atomic E-state index is 0.662. The summed E-state index contributed by atoms with van der Waals surface area (Å²) in [4.78, 5) is 4.31. The number of pyridine rings is 1. The summed E-state index contributed by atoms with van der Waals surface area (Å²) in [6.07, 6.45) is 6.86. The van der Waals surface area contributed by atoms with E-state index in [1.165, 1.54) is 36.8 Å². The van der Waals surface area contributed by atoms with E-state index >= 15 is 0 Å². The Morgan fingerprint density at radius 2 is 2.32 bits per heavy atom. The van der Waals surface area contributed by atoms with Crippen LogP contribution in [0.1, 0.15) is 12.8 Å². The Bertz CT molecular complexity index is 607. The van der Waals surface area contributed by atoms with Crippen LogP contribution in [0.25, 0.3) is 10.9 Å². The second-order valence-corrected chi connectivity index (χ2v) is 6.13. The number of nitrogens with zero attached hydrogens (tertiary/aromatic N) is 2. The molecule has 0 amide bonds. The first-order chi connectivity index (χ1) is 9.28. The van der Waals surface area contributed by atoms with Crippen LogP contribution in [0.2, 0.25) is 0 Å². The van der Waals surface area contributed by atoms with Gasteiger partial charge in [0, 0.05) is 37.3 Å². The molecule has 19 heavy (non-hydrogen) atoms. The molecule has 0 bridgehead atoms. The van der Waals surface area contributed by atoms with E-state index in [0.29, 0.717) is 11.3 Å². The fourth-order valence-electron chi connectivity index (χ4n) is 3.68. The molecule has 1 aliphatic carbocycles. The topological polar surface area (TPSA) is 39.1 Å². The van der Waals surface area contributed by atoms with Crippen LogP contribution >= 0.6 is 0 Å². The number of rotatable bonds is 3. The van der Waals surface area contributed by atoms with Crippen LogP contribution in [-0.2, 0) is 6.54 Å². The lowest BCUT2D eigenvalue weighted by molar-refractivity contribution is -0.00660. The molecule has 1 saturated heterocycles. The van der Waals surface area contributed by atoms with Gasteiger partial charge in [0.25, 0.3) is 0 Å². The zero-order valence-corrected chi connectivity index (χ0v) is 11.2. The second kappa shape index (κ2) is 3.97. The van der Waals surface area contributed by atoms with Gasteiger partial charge in [0.05, 0.1) is 18.8 Å². The highest BCUT2D eigenvalue weighted by Crippen LogP contribution is 2.49. The second-order valence-electron chi connectivity index (χ2n) is 6.13. The summed E-state index contributed by atoms with van der Waals surface area (Å²) in [5.41, 5.74) is 1.88. The number of hydrogen-bond donors (Lipinski definition) is 1. The normalized spacial score (nSPS) is 21.3. The predicted octanol–water partition coefficient (Wildman–Crippen LogP) is 2.04. The van der Waals surface area contributed by atoms with Gasteiger partial charge in [0.2, 0.25) is 5.88 Å². The van der Waals surface area contributed by atoms with Crippen molar-refractivity contribution >= 4 is 10.9 Å². The fourth-order valence-corrected chi connectivity index (χ4v) is 3.68. The first kappa shape index (κ1) is 11.3. The maximum atomic E-state index is 5.17. The number of aromatic nitrogens is 2. The molecule has 0 aromatic carbocycles. The van der Waals surface area contributed by atoms with Gasteiger partial charge < -0.3 is 14.6 Å². The first-order valence-corrected chi connectivity index (χ1v) is 6.98. The zero-order chi connectivity index (χ0) is 12.9. The molecule has 2 aromatic rings. The van der Waals surface area contributed by atoms with Crippen molar-refractivity contribution in [1.82, 2.24) is 14.9 Å². The van der Waals surface area contributed by atoms with Gasteiger partial charge in [-0.05, 0) is 30.2 Å². The summed E-state index contributed by atoms with van der Waals surface area (Å²) < 4.78 is 7.51. The van der Waals surface area contributed by atoms with E-state index < -0.39 is 0 Å². The smallest absolute Gasteiger partial charge is 0.213 e. The molecule has 2 fully saturated rings. The van der Waals surface area contributed by atoms with Gasteiger partial charge in [-0.3, -0.25) is 0 Å². The molecule has 1 aliphatic heterocycles. The Labute approximate surface area is 112 Å². The van der Waals surface area contributed by atoms with Gasteiger partial charge in [-0.15, -0.1) is 0 Å². The molecule has 0 radical (unpaired) electrons. The molecule has 2 aliphatic rings. The molecular formula is C15H19N3O. The van der Waals surface area contributed by atoms with Crippen molar-refractivity contribution in [2.24, 2.45) is 11.3 Å². The Morgan fingerprint density at radius 1 is 1.47 bits per heavy atom. The molecule has 1 spiro atoms. The molecule has 2 aromatic heterocycles. The molecule has 1 N–H and O–H groups in total. The van der Waals surface area contributed by atoms with Gasteiger partial charge in [-0.1, -0.05) is 0 Å². The van der Waals surface area contributed by atoms with Crippen LogP contribution in [0.15, 0.2) is 24.5 Å². The van der Waals surface area contributed by atoms with E-state index in [1.807, 2.05) is 12.3 Å². The quantitative estimate of drug-likeness (QED) is 0.914. The molecule has 0 atom stereocenters. The highest BCUT2D eigenvalue weighted by molar-refractivity contribution is 5.80. The van der Waals surface area contributed by atoms with Crippen molar-refractivity contribution in [3.05, 3.63) is 24.5 Å². The third-order valence-corrected chi connectivity index (χ3v) is 4.74. The number of nitrogens with one attached hydrogen (secondary N) is 1. The Kier molecular flexibility index (Phi) is 2.36. The lowest BCUT2D eigenvalue weighted by Gasteiger charge is -2.54. The summed E-state index contributed by atoms with van der Waals surface area (Å²) in [5.74, 6) is 1.52. The SMILES string of the molecule is COc1cc2ccn(CC3CC4(CNC4)C3)c2cn1. The van der Waals surface area contributed by atoms with Crippen molar-refractivity contribution in [2.75, 3.05) is 20.2 Å². The van der Waals surface area contributed by atoms with Crippen molar-refractivity contribution in [2.45, 2.75) is 19.4 Å². The van der Waals surface area contributed by atoms with Gasteiger partial charge in [0.15, 0.2) is 0 Å². The first-order valence-electron chi connectivity index (χ1n) is 6.98. The van der Waals surface area contributed by atoms with Crippen LogP contribution in [0, 0.1) is 11.3 Å². The molecule has 3 heterocycles. The molecule has 4 heteroatoms. The lowest BCUT2D eigenvalue weighted by Crippen LogP contribution is -2.60. The molecule has 4 nitrogen and oxygen atoms in total. The number of hydrogen-bond acceptors (Lipinski definition) is 3. The van der Waals surface area contributed by atoms with E-state index in [-0.39, 0.29) is 0 Å². The average molecular weight is 257 g/mol. The van der Waals surface area contributed by atoms with E-state index in [9.17, 15) is 0 Å². The number of ether oxygens (including phenoxy) is 1. The van der Waals surface area contributed by atoms with Crippen molar-refractivity contribution in [1.29, 1.82) is 0 Å². The van der Waals surface area contributed by atoms with E-state index in [0.717, 1.165) is 12.5 Å². The predicted molar refractivity (Wildman–Crippen MR) is 74.3 cm³/mol. The monoisotopic (exact) mass is 257 g/mol. The maximum Gasteiger partial charge on any atom is 0.213 e.